The first-order chi connectivity index (χ1) is 12.0. The van der Waals surface area contributed by atoms with Crippen molar-refractivity contribution < 1.29 is 29.3 Å². The van der Waals surface area contributed by atoms with E-state index in [0.29, 0.717) is 11.1 Å². The van der Waals surface area contributed by atoms with E-state index < -0.39 is 47.2 Å². The second kappa shape index (κ2) is 6.52. The van der Waals surface area contributed by atoms with Gasteiger partial charge in [0.25, 0.3) is 0 Å². The molecule has 1 aliphatic heterocycles. The molecule has 0 amide bonds. The Bertz CT molecular complexity index is 720. The summed E-state index contributed by atoms with van der Waals surface area (Å²) in [5.74, 6) is -2.15. The fraction of sp³-hybridized carbons (Fsp3) is 0.500. The van der Waals surface area contributed by atoms with E-state index >= 15 is 0 Å². The van der Waals surface area contributed by atoms with Gasteiger partial charge in [-0.2, -0.15) is 0 Å². The van der Waals surface area contributed by atoms with Crippen molar-refractivity contribution in [1.82, 2.24) is 0 Å². The molecular formula is C20H26O6. The van der Waals surface area contributed by atoms with Gasteiger partial charge in [-0.15, -0.1) is 6.58 Å². The molecule has 2 fully saturated rings. The normalized spacial score (nSPS) is 39.8. The van der Waals surface area contributed by atoms with Gasteiger partial charge in [-0.05, 0) is 20.8 Å². The standard InChI is InChI=1S/C20H26O6/c1-8-11(5)17(22)26-16-14(21)19(7,9-2)13(10(3)4)15-20(16,24)12(6)18(23)25-15/h8-9,13-16,21,24H,2-3,6H2,1,4-5,7H3/b11-8-/t13-,14-,15-,16-,19+,20-/m0/s1. The minimum absolute atomic E-state index is 0.255. The molecule has 1 saturated heterocycles. The zero-order valence-corrected chi connectivity index (χ0v) is 15.6. The van der Waals surface area contributed by atoms with Crippen LogP contribution in [-0.4, -0.2) is 46.1 Å². The van der Waals surface area contributed by atoms with Gasteiger partial charge < -0.3 is 19.7 Å². The number of esters is 2. The summed E-state index contributed by atoms with van der Waals surface area (Å²) in [5.41, 5.74) is -2.48. The summed E-state index contributed by atoms with van der Waals surface area (Å²) >= 11 is 0. The third-order valence-electron chi connectivity index (χ3n) is 5.69. The number of aliphatic hydroxyl groups is 2. The van der Waals surface area contributed by atoms with E-state index in [1.807, 2.05) is 0 Å². The van der Waals surface area contributed by atoms with Gasteiger partial charge in [0.1, 0.15) is 12.2 Å². The highest BCUT2D eigenvalue weighted by molar-refractivity contribution is 5.94. The topological polar surface area (TPSA) is 93.1 Å². The average molecular weight is 362 g/mol. The zero-order valence-electron chi connectivity index (χ0n) is 15.6. The third kappa shape index (κ3) is 2.56. The highest BCUT2D eigenvalue weighted by Crippen LogP contribution is 2.55. The first-order valence-corrected chi connectivity index (χ1v) is 8.40. The molecule has 142 valence electrons. The fourth-order valence-corrected chi connectivity index (χ4v) is 3.86. The number of hydrogen-bond donors (Lipinski definition) is 2. The van der Waals surface area contributed by atoms with Crippen LogP contribution < -0.4 is 0 Å². The SMILES string of the molecule is C=C[C@@]1(C)[C@@H](O)[C@H](OC(=O)/C(C)=C\C)[C@]2(O)C(=C)C(=O)O[C@H]2[C@@H]1C(=C)C. The molecule has 1 aliphatic carbocycles. The maximum absolute atomic E-state index is 12.3. The van der Waals surface area contributed by atoms with E-state index in [1.54, 1.807) is 33.8 Å². The van der Waals surface area contributed by atoms with Crippen molar-refractivity contribution in [3.05, 3.63) is 48.6 Å². The van der Waals surface area contributed by atoms with Crippen molar-refractivity contribution in [1.29, 1.82) is 0 Å². The molecule has 0 aromatic carbocycles. The summed E-state index contributed by atoms with van der Waals surface area (Å²) in [4.78, 5) is 24.5. The summed E-state index contributed by atoms with van der Waals surface area (Å²) in [6.45, 7) is 17.9. The van der Waals surface area contributed by atoms with E-state index in [0.717, 1.165) is 0 Å². The fourth-order valence-electron chi connectivity index (χ4n) is 3.86. The number of fused-ring (bicyclic) bond motifs is 1. The molecule has 6 atom stereocenters. The molecule has 0 aromatic rings. The Morgan fingerprint density at radius 1 is 1.38 bits per heavy atom. The second-order valence-electron chi connectivity index (χ2n) is 7.27. The van der Waals surface area contributed by atoms with Crippen LogP contribution in [0.15, 0.2) is 48.6 Å². The lowest BCUT2D eigenvalue weighted by Crippen LogP contribution is -2.69. The van der Waals surface area contributed by atoms with Gasteiger partial charge in [-0.25, -0.2) is 9.59 Å². The summed E-state index contributed by atoms with van der Waals surface area (Å²) in [6, 6.07) is 0. The van der Waals surface area contributed by atoms with Crippen LogP contribution in [0.1, 0.15) is 27.7 Å². The van der Waals surface area contributed by atoms with Crippen LogP contribution in [0.4, 0.5) is 0 Å². The number of rotatable bonds is 4. The molecule has 6 nitrogen and oxygen atoms in total. The Hall–Kier alpha value is -2.18. The van der Waals surface area contributed by atoms with Crippen molar-refractivity contribution >= 4 is 11.9 Å². The molecule has 0 aromatic heterocycles. The summed E-state index contributed by atoms with van der Waals surface area (Å²) in [6.07, 6.45) is -0.854. The Morgan fingerprint density at radius 3 is 2.42 bits per heavy atom. The minimum atomic E-state index is -2.06. The Balaban J connectivity index is 2.65. The predicted octanol–water partition coefficient (Wildman–Crippen LogP) is 1.84. The number of aliphatic hydroxyl groups excluding tert-OH is 1. The van der Waals surface area contributed by atoms with Crippen LogP contribution in [0.2, 0.25) is 0 Å². The molecule has 1 heterocycles. The molecular weight excluding hydrogens is 336 g/mol. The van der Waals surface area contributed by atoms with Gasteiger partial charge >= 0.3 is 11.9 Å². The Kier molecular flexibility index (Phi) is 5.05. The van der Waals surface area contributed by atoms with E-state index in [-0.39, 0.29) is 5.57 Å². The van der Waals surface area contributed by atoms with Crippen molar-refractivity contribution in [2.45, 2.75) is 51.6 Å². The number of hydrogen-bond acceptors (Lipinski definition) is 6. The van der Waals surface area contributed by atoms with Crippen LogP contribution >= 0.6 is 0 Å². The number of carbonyl (C=O) groups excluding carboxylic acids is 2. The number of carbonyl (C=O) groups is 2. The zero-order chi connectivity index (χ0) is 20.0. The van der Waals surface area contributed by atoms with Gasteiger partial charge in [0, 0.05) is 16.9 Å². The minimum Gasteiger partial charge on any atom is -0.455 e. The maximum Gasteiger partial charge on any atom is 0.337 e. The molecule has 0 unspecified atom stereocenters. The van der Waals surface area contributed by atoms with Crippen molar-refractivity contribution in [2.24, 2.45) is 11.3 Å². The van der Waals surface area contributed by atoms with Crippen LogP contribution in [0.5, 0.6) is 0 Å². The van der Waals surface area contributed by atoms with Crippen LogP contribution in [0.3, 0.4) is 0 Å². The molecule has 26 heavy (non-hydrogen) atoms. The van der Waals surface area contributed by atoms with Gasteiger partial charge in [0.2, 0.25) is 0 Å². The number of ether oxygens (including phenoxy) is 2. The number of allylic oxidation sites excluding steroid dienone is 1. The van der Waals surface area contributed by atoms with E-state index in [2.05, 4.69) is 19.7 Å². The van der Waals surface area contributed by atoms with Crippen molar-refractivity contribution in [2.75, 3.05) is 0 Å². The van der Waals surface area contributed by atoms with Crippen molar-refractivity contribution in [3.63, 3.8) is 0 Å². The van der Waals surface area contributed by atoms with Gasteiger partial charge in [0.15, 0.2) is 11.7 Å². The smallest absolute Gasteiger partial charge is 0.337 e. The first kappa shape index (κ1) is 20.1. The summed E-state index contributed by atoms with van der Waals surface area (Å²) < 4.78 is 10.8. The highest BCUT2D eigenvalue weighted by atomic mass is 16.6. The van der Waals surface area contributed by atoms with E-state index in [4.69, 9.17) is 9.47 Å². The van der Waals surface area contributed by atoms with E-state index in [1.165, 1.54) is 6.08 Å². The molecule has 0 spiro atoms. The summed E-state index contributed by atoms with van der Waals surface area (Å²) in [5, 5.41) is 22.4. The molecule has 2 aliphatic rings. The lowest BCUT2D eigenvalue weighted by atomic mass is 9.56. The monoisotopic (exact) mass is 362 g/mol. The predicted molar refractivity (Wildman–Crippen MR) is 95.9 cm³/mol. The Labute approximate surface area is 153 Å². The first-order valence-electron chi connectivity index (χ1n) is 8.40. The van der Waals surface area contributed by atoms with Gasteiger partial charge in [-0.1, -0.05) is 37.8 Å². The third-order valence-corrected chi connectivity index (χ3v) is 5.69. The second-order valence-corrected chi connectivity index (χ2v) is 7.27. The lowest BCUT2D eigenvalue weighted by Gasteiger charge is -2.54. The lowest BCUT2D eigenvalue weighted by molar-refractivity contribution is -0.230. The van der Waals surface area contributed by atoms with Crippen LogP contribution in [0, 0.1) is 11.3 Å². The molecule has 2 N–H and O–H groups in total. The molecule has 0 bridgehead atoms. The Morgan fingerprint density at radius 2 is 1.96 bits per heavy atom. The van der Waals surface area contributed by atoms with Crippen molar-refractivity contribution in [3.8, 4) is 0 Å². The molecule has 1 saturated carbocycles. The van der Waals surface area contributed by atoms with Crippen LogP contribution in [0.25, 0.3) is 0 Å². The van der Waals surface area contributed by atoms with Crippen LogP contribution in [-0.2, 0) is 19.1 Å². The van der Waals surface area contributed by atoms with E-state index in [9.17, 15) is 19.8 Å². The maximum atomic E-state index is 12.3. The quantitative estimate of drug-likeness (QED) is 0.450. The van der Waals surface area contributed by atoms with Gasteiger partial charge in [-0.3, -0.25) is 0 Å². The summed E-state index contributed by atoms with van der Waals surface area (Å²) in [7, 11) is 0. The molecule has 0 radical (unpaired) electrons. The molecule has 2 rings (SSSR count). The molecule has 6 heteroatoms. The highest BCUT2D eigenvalue weighted by Gasteiger charge is 2.70. The van der Waals surface area contributed by atoms with Gasteiger partial charge in [0.05, 0.1) is 5.57 Å². The largest absolute Gasteiger partial charge is 0.455 e. The average Bonchev–Trinajstić information content (AvgIpc) is 2.82.